The molecule has 3 atom stereocenters. The number of rotatable bonds is 6. The van der Waals surface area contributed by atoms with E-state index < -0.39 is 18.1 Å². The number of benzene rings is 2. The van der Waals surface area contributed by atoms with Crippen molar-refractivity contribution in [1.82, 2.24) is 24.5 Å². The minimum absolute atomic E-state index is 0.0428. The molecule has 2 N–H and O–H groups in total. The van der Waals surface area contributed by atoms with Gasteiger partial charge in [-0.25, -0.2) is 9.59 Å². The molecule has 0 aromatic heterocycles. The Hall–Kier alpha value is -3.05. The van der Waals surface area contributed by atoms with Gasteiger partial charge in [0.25, 0.3) is 0 Å². The van der Waals surface area contributed by atoms with Gasteiger partial charge in [-0.05, 0) is 88.0 Å². The maximum atomic E-state index is 14.5. The first kappa shape index (κ1) is 32.9. The first-order valence-electron chi connectivity index (χ1n) is 16.5. The highest BCUT2D eigenvalue weighted by Gasteiger charge is 2.44. The molecule has 4 aliphatic heterocycles. The highest BCUT2D eigenvalue weighted by molar-refractivity contribution is 6.42. The largest absolute Gasteiger partial charge is 0.465 e. The van der Waals surface area contributed by atoms with Crippen LogP contribution in [0.2, 0.25) is 10.0 Å². The average molecular weight is 672 g/mol. The third kappa shape index (κ3) is 7.25. The molecule has 2 aromatic carbocycles. The predicted octanol–water partition coefficient (Wildman–Crippen LogP) is 4.99. The van der Waals surface area contributed by atoms with Crippen molar-refractivity contribution in [2.24, 2.45) is 5.92 Å². The summed E-state index contributed by atoms with van der Waals surface area (Å²) in [5.41, 5.74) is 2.71. The molecular weight excluding hydrogens is 627 g/mol. The van der Waals surface area contributed by atoms with Crippen LogP contribution in [0.4, 0.5) is 15.3 Å². The van der Waals surface area contributed by atoms with Gasteiger partial charge in [0.15, 0.2) is 0 Å². The molecule has 4 amide bonds. The second-order valence-corrected chi connectivity index (χ2v) is 14.0. The highest BCUT2D eigenvalue weighted by Crippen LogP contribution is 2.34. The summed E-state index contributed by atoms with van der Waals surface area (Å²) in [5, 5.41) is 14.2. The van der Waals surface area contributed by atoms with Crippen molar-refractivity contribution < 1.29 is 19.5 Å². The second-order valence-electron chi connectivity index (χ2n) is 13.2. The number of carbonyl (C=O) groups excluding carboxylic acids is 2. The summed E-state index contributed by atoms with van der Waals surface area (Å²) in [4.78, 5) is 50.7. The minimum Gasteiger partial charge on any atom is -0.465 e. The molecule has 3 fully saturated rings. The van der Waals surface area contributed by atoms with Gasteiger partial charge in [-0.15, -0.1) is 0 Å². The van der Waals surface area contributed by atoms with E-state index in [2.05, 4.69) is 22.2 Å². The number of piperazine rings is 1. The molecule has 2 aromatic rings. The predicted molar refractivity (Wildman–Crippen MR) is 180 cm³/mol. The van der Waals surface area contributed by atoms with Crippen LogP contribution in [0.15, 0.2) is 42.5 Å². The van der Waals surface area contributed by atoms with E-state index in [4.69, 9.17) is 23.2 Å². The molecule has 6 rings (SSSR count). The SMILES string of the molecule is CN1CCC(N2CCN(C(=O)C(Cc3ccc(Cl)c(Cl)c3)[C@H]3CC(N4CCc5ccccc5NC4=O)CCN3C(=O)O)CC2)CC1. The maximum Gasteiger partial charge on any atom is 0.407 e. The molecule has 3 saturated heterocycles. The molecule has 4 heterocycles. The number of para-hydroxylation sites is 1. The fourth-order valence-electron chi connectivity index (χ4n) is 7.83. The highest BCUT2D eigenvalue weighted by atomic mass is 35.5. The minimum atomic E-state index is -1.05. The van der Waals surface area contributed by atoms with E-state index in [1.54, 1.807) is 12.1 Å². The third-order valence-electron chi connectivity index (χ3n) is 10.5. The van der Waals surface area contributed by atoms with Gasteiger partial charge in [-0.1, -0.05) is 47.5 Å². The van der Waals surface area contributed by atoms with E-state index in [9.17, 15) is 19.5 Å². The molecule has 2 unspecified atom stereocenters. The maximum absolute atomic E-state index is 14.5. The lowest BCUT2D eigenvalue weighted by atomic mass is 9.82. The molecule has 0 aliphatic carbocycles. The van der Waals surface area contributed by atoms with Gasteiger partial charge >= 0.3 is 12.1 Å². The van der Waals surface area contributed by atoms with Crippen molar-refractivity contribution in [2.45, 2.75) is 56.7 Å². The summed E-state index contributed by atoms with van der Waals surface area (Å²) in [5.74, 6) is -0.683. The van der Waals surface area contributed by atoms with Gasteiger partial charge in [0.05, 0.1) is 16.0 Å². The number of anilines is 1. The zero-order chi connectivity index (χ0) is 32.4. The van der Waals surface area contributed by atoms with Crippen LogP contribution in [0.3, 0.4) is 0 Å². The topological polar surface area (TPSA) is 99.7 Å². The number of carboxylic acid groups (broad SMARTS) is 1. The van der Waals surface area contributed by atoms with Gasteiger partial charge in [0.2, 0.25) is 5.91 Å². The Labute approximate surface area is 281 Å². The van der Waals surface area contributed by atoms with Crippen molar-refractivity contribution >= 4 is 46.9 Å². The van der Waals surface area contributed by atoms with Crippen molar-refractivity contribution in [3.8, 4) is 0 Å². The van der Waals surface area contributed by atoms with Gasteiger partial charge in [0, 0.05) is 63.1 Å². The Morgan fingerprint density at radius 3 is 2.35 bits per heavy atom. The van der Waals surface area contributed by atoms with Crippen molar-refractivity contribution in [2.75, 3.05) is 64.7 Å². The number of piperidine rings is 2. The number of nitrogens with zero attached hydrogens (tertiary/aromatic N) is 5. The normalized spacial score (nSPS) is 24.2. The number of hydrogen-bond donors (Lipinski definition) is 2. The molecule has 0 saturated carbocycles. The molecule has 0 spiro atoms. The van der Waals surface area contributed by atoms with Crippen LogP contribution in [0.5, 0.6) is 0 Å². The molecular formula is C34H44Cl2N6O4. The molecule has 12 heteroatoms. The van der Waals surface area contributed by atoms with E-state index in [0.29, 0.717) is 61.4 Å². The van der Waals surface area contributed by atoms with Crippen LogP contribution in [-0.2, 0) is 17.6 Å². The van der Waals surface area contributed by atoms with E-state index in [1.807, 2.05) is 40.1 Å². The van der Waals surface area contributed by atoms with Crippen LogP contribution in [-0.4, -0.2) is 125 Å². The van der Waals surface area contributed by atoms with Crippen LogP contribution in [0.1, 0.15) is 36.8 Å². The summed E-state index contributed by atoms with van der Waals surface area (Å²) in [6.07, 6.45) is 3.14. The Morgan fingerprint density at radius 2 is 1.63 bits per heavy atom. The smallest absolute Gasteiger partial charge is 0.407 e. The Balaban J connectivity index is 1.23. The quantitative estimate of drug-likeness (QED) is 0.449. The molecule has 0 bridgehead atoms. The molecule has 46 heavy (non-hydrogen) atoms. The van der Waals surface area contributed by atoms with E-state index in [-0.39, 0.29) is 24.5 Å². The number of urea groups is 1. The van der Waals surface area contributed by atoms with E-state index in [1.165, 1.54) is 4.90 Å². The standard InChI is InChI=1S/C34H44Cl2N6O4/c1-38-12-9-25(10-13-38)39-16-18-40(19-17-39)32(43)27(20-23-6-7-28(35)29(36)21-23)31-22-26(11-15-42(31)34(45)46)41-14-8-24-4-2-3-5-30(24)37-33(41)44/h2-7,21,25-27,31H,8-20,22H2,1H3,(H,37,44)(H,45,46)/t26?,27?,31-/m1/s1. The molecule has 10 nitrogen and oxygen atoms in total. The van der Waals surface area contributed by atoms with Gasteiger partial charge in [-0.2, -0.15) is 0 Å². The van der Waals surface area contributed by atoms with Gasteiger partial charge in [-0.3, -0.25) is 9.69 Å². The first-order valence-corrected chi connectivity index (χ1v) is 17.2. The zero-order valence-corrected chi connectivity index (χ0v) is 27.9. The summed E-state index contributed by atoms with van der Waals surface area (Å²) in [6, 6.07) is 12.7. The summed E-state index contributed by atoms with van der Waals surface area (Å²) in [6.45, 7) is 5.79. The summed E-state index contributed by atoms with van der Waals surface area (Å²) >= 11 is 12.6. The monoisotopic (exact) mass is 670 g/mol. The summed E-state index contributed by atoms with van der Waals surface area (Å²) in [7, 11) is 2.16. The summed E-state index contributed by atoms with van der Waals surface area (Å²) < 4.78 is 0. The number of carbonyl (C=O) groups is 3. The number of likely N-dealkylation sites (tertiary alicyclic amines) is 2. The average Bonchev–Trinajstić information content (AvgIpc) is 3.23. The zero-order valence-electron chi connectivity index (χ0n) is 26.4. The lowest BCUT2D eigenvalue weighted by molar-refractivity contribution is -0.140. The van der Waals surface area contributed by atoms with Crippen LogP contribution >= 0.6 is 23.2 Å². The van der Waals surface area contributed by atoms with Crippen molar-refractivity contribution in [1.29, 1.82) is 0 Å². The Kier molecular flexibility index (Phi) is 10.3. The number of nitrogens with one attached hydrogen (secondary N) is 1. The fraction of sp³-hybridized carbons (Fsp3) is 0.559. The van der Waals surface area contributed by atoms with Crippen molar-refractivity contribution in [3.63, 3.8) is 0 Å². The molecule has 0 radical (unpaired) electrons. The fourth-order valence-corrected chi connectivity index (χ4v) is 8.15. The number of amides is 4. The lowest BCUT2D eigenvalue weighted by Crippen LogP contribution is -2.60. The van der Waals surface area contributed by atoms with E-state index >= 15 is 0 Å². The van der Waals surface area contributed by atoms with Crippen molar-refractivity contribution in [3.05, 3.63) is 63.6 Å². The Bertz CT molecular complexity index is 1430. The van der Waals surface area contributed by atoms with Crippen LogP contribution in [0, 0.1) is 5.92 Å². The van der Waals surface area contributed by atoms with Gasteiger partial charge in [0.1, 0.15) is 0 Å². The number of halogens is 2. The van der Waals surface area contributed by atoms with Crippen LogP contribution < -0.4 is 5.32 Å². The molecule has 4 aliphatic rings. The molecule has 248 valence electrons. The Morgan fingerprint density at radius 1 is 0.913 bits per heavy atom. The lowest BCUT2D eigenvalue weighted by Gasteiger charge is -2.46. The first-order chi connectivity index (χ1) is 22.2. The second kappa shape index (κ2) is 14.4. The third-order valence-corrected chi connectivity index (χ3v) is 11.2. The van der Waals surface area contributed by atoms with Gasteiger partial charge < -0.3 is 30.0 Å². The number of hydrogen-bond acceptors (Lipinski definition) is 5. The number of fused-ring (bicyclic) bond motifs is 1. The van der Waals surface area contributed by atoms with E-state index in [0.717, 1.165) is 55.8 Å². The van der Waals surface area contributed by atoms with Crippen LogP contribution in [0.25, 0.3) is 0 Å².